The molecular weight excluding hydrogens is 224 g/mol. The van der Waals surface area contributed by atoms with Gasteiger partial charge in [-0.3, -0.25) is 0 Å². The average molecular weight is 248 g/mol. The smallest absolute Gasteiger partial charge is 0.125 e. The largest absolute Gasteiger partial charge is 0.496 e. The summed E-state index contributed by atoms with van der Waals surface area (Å²) in [5.41, 5.74) is 8.46. The number of rotatable bonds is 4. The first-order valence-corrected chi connectivity index (χ1v) is 6.80. The van der Waals surface area contributed by atoms with Crippen LogP contribution in [0.5, 0.6) is 5.75 Å². The predicted molar refractivity (Wildman–Crippen MR) is 76.3 cm³/mol. The molecule has 3 heteroatoms. The molecule has 0 unspecified atom stereocenters. The maximum atomic E-state index is 6.12. The van der Waals surface area contributed by atoms with Gasteiger partial charge in [-0.15, -0.1) is 0 Å². The molecule has 1 aromatic carbocycles. The molecule has 0 radical (unpaired) electrons. The lowest BCUT2D eigenvalue weighted by atomic mass is 10.0. The SMILES string of the molecule is COc1cccc(N(C)C2CCCC2)c1[C@H](C)N. The van der Waals surface area contributed by atoms with Crippen molar-refractivity contribution in [3.63, 3.8) is 0 Å². The van der Waals surface area contributed by atoms with Crippen LogP contribution in [0.15, 0.2) is 18.2 Å². The quantitative estimate of drug-likeness (QED) is 0.890. The molecule has 100 valence electrons. The van der Waals surface area contributed by atoms with Gasteiger partial charge >= 0.3 is 0 Å². The zero-order valence-corrected chi connectivity index (χ0v) is 11.6. The number of hydrogen-bond acceptors (Lipinski definition) is 3. The first-order valence-electron chi connectivity index (χ1n) is 6.80. The van der Waals surface area contributed by atoms with Gasteiger partial charge in [-0.1, -0.05) is 18.9 Å². The van der Waals surface area contributed by atoms with Crippen molar-refractivity contribution in [3.05, 3.63) is 23.8 Å². The van der Waals surface area contributed by atoms with E-state index in [2.05, 4.69) is 18.0 Å². The van der Waals surface area contributed by atoms with Gasteiger partial charge in [0.25, 0.3) is 0 Å². The Labute approximate surface area is 110 Å². The number of ether oxygens (including phenoxy) is 1. The molecule has 0 aromatic heterocycles. The van der Waals surface area contributed by atoms with E-state index in [1.54, 1.807) is 7.11 Å². The second-order valence-corrected chi connectivity index (χ2v) is 5.23. The molecule has 1 aliphatic rings. The summed E-state index contributed by atoms with van der Waals surface area (Å²) < 4.78 is 5.45. The van der Waals surface area contributed by atoms with Gasteiger partial charge in [0.1, 0.15) is 5.75 Å². The van der Waals surface area contributed by atoms with Gasteiger partial charge in [-0.05, 0) is 31.9 Å². The molecule has 0 spiro atoms. The van der Waals surface area contributed by atoms with Gasteiger partial charge in [-0.25, -0.2) is 0 Å². The second kappa shape index (κ2) is 5.61. The molecule has 1 saturated carbocycles. The Bertz CT molecular complexity index is 397. The first kappa shape index (κ1) is 13.2. The van der Waals surface area contributed by atoms with E-state index in [0.29, 0.717) is 6.04 Å². The molecular formula is C15H24N2O. The van der Waals surface area contributed by atoms with E-state index in [4.69, 9.17) is 10.5 Å². The standard InChI is InChI=1S/C15H24N2O/c1-11(16)15-13(9-6-10-14(15)18-3)17(2)12-7-4-5-8-12/h6,9-12H,4-5,7-8,16H2,1-3H3/t11-/m0/s1. The van der Waals surface area contributed by atoms with Crippen molar-refractivity contribution in [2.24, 2.45) is 5.73 Å². The molecule has 1 aliphatic carbocycles. The summed E-state index contributed by atoms with van der Waals surface area (Å²) in [5.74, 6) is 0.896. The highest BCUT2D eigenvalue weighted by Gasteiger charge is 2.23. The summed E-state index contributed by atoms with van der Waals surface area (Å²) in [4.78, 5) is 2.38. The van der Waals surface area contributed by atoms with Crippen molar-refractivity contribution in [2.45, 2.75) is 44.7 Å². The van der Waals surface area contributed by atoms with Crippen LogP contribution < -0.4 is 15.4 Å². The normalized spacial score (nSPS) is 17.8. The fraction of sp³-hybridized carbons (Fsp3) is 0.600. The first-order chi connectivity index (χ1) is 8.65. The Balaban J connectivity index is 2.36. The highest BCUT2D eigenvalue weighted by atomic mass is 16.5. The summed E-state index contributed by atoms with van der Waals surface area (Å²) >= 11 is 0. The molecule has 18 heavy (non-hydrogen) atoms. The average Bonchev–Trinajstić information content (AvgIpc) is 2.90. The fourth-order valence-electron chi connectivity index (χ4n) is 2.96. The van der Waals surface area contributed by atoms with Crippen molar-refractivity contribution in [1.82, 2.24) is 0 Å². The number of anilines is 1. The van der Waals surface area contributed by atoms with Crippen LogP contribution in [0.2, 0.25) is 0 Å². The van der Waals surface area contributed by atoms with Crippen molar-refractivity contribution < 1.29 is 4.74 Å². The third-order valence-electron chi connectivity index (χ3n) is 3.97. The highest BCUT2D eigenvalue weighted by Crippen LogP contribution is 2.36. The van der Waals surface area contributed by atoms with Crippen LogP contribution in [0.4, 0.5) is 5.69 Å². The monoisotopic (exact) mass is 248 g/mol. The number of benzene rings is 1. The summed E-state index contributed by atoms with van der Waals surface area (Å²) in [6, 6.07) is 6.82. The molecule has 2 rings (SSSR count). The Hall–Kier alpha value is -1.22. The van der Waals surface area contributed by atoms with Gasteiger partial charge in [0, 0.05) is 30.4 Å². The molecule has 0 saturated heterocycles. The third-order valence-corrected chi connectivity index (χ3v) is 3.97. The Morgan fingerprint density at radius 1 is 1.33 bits per heavy atom. The summed E-state index contributed by atoms with van der Waals surface area (Å²) in [7, 11) is 3.89. The van der Waals surface area contributed by atoms with Crippen molar-refractivity contribution in [1.29, 1.82) is 0 Å². The van der Waals surface area contributed by atoms with Gasteiger partial charge in [0.05, 0.1) is 7.11 Å². The number of nitrogens with zero attached hydrogens (tertiary/aromatic N) is 1. The van der Waals surface area contributed by atoms with Crippen molar-refractivity contribution >= 4 is 5.69 Å². The molecule has 0 heterocycles. The van der Waals surface area contributed by atoms with E-state index in [0.717, 1.165) is 11.3 Å². The number of nitrogens with two attached hydrogens (primary N) is 1. The molecule has 1 aromatic rings. The zero-order chi connectivity index (χ0) is 13.1. The lowest BCUT2D eigenvalue weighted by Crippen LogP contribution is -2.30. The molecule has 1 fully saturated rings. The topological polar surface area (TPSA) is 38.5 Å². The maximum absolute atomic E-state index is 6.12. The van der Waals surface area contributed by atoms with Crippen LogP contribution in [-0.2, 0) is 0 Å². The molecule has 3 nitrogen and oxygen atoms in total. The Morgan fingerprint density at radius 2 is 2.00 bits per heavy atom. The van der Waals surface area contributed by atoms with Gasteiger partial charge in [-0.2, -0.15) is 0 Å². The van der Waals surface area contributed by atoms with Gasteiger partial charge < -0.3 is 15.4 Å². The summed E-state index contributed by atoms with van der Waals surface area (Å²) in [6.45, 7) is 2.02. The third kappa shape index (κ3) is 2.46. The fourth-order valence-corrected chi connectivity index (χ4v) is 2.96. The minimum absolute atomic E-state index is 0.0139. The van der Waals surface area contributed by atoms with Crippen LogP contribution in [0.3, 0.4) is 0 Å². The molecule has 0 aliphatic heterocycles. The number of hydrogen-bond donors (Lipinski definition) is 1. The van der Waals surface area contributed by atoms with Crippen LogP contribution in [0, 0.1) is 0 Å². The minimum atomic E-state index is -0.0139. The van der Waals surface area contributed by atoms with Gasteiger partial charge in [0.15, 0.2) is 0 Å². The second-order valence-electron chi connectivity index (χ2n) is 5.23. The minimum Gasteiger partial charge on any atom is -0.496 e. The maximum Gasteiger partial charge on any atom is 0.125 e. The van der Waals surface area contributed by atoms with Crippen LogP contribution in [-0.4, -0.2) is 20.2 Å². The van der Waals surface area contributed by atoms with E-state index in [1.165, 1.54) is 31.4 Å². The summed E-state index contributed by atoms with van der Waals surface area (Å²) in [6.07, 6.45) is 5.25. The van der Waals surface area contributed by atoms with E-state index >= 15 is 0 Å². The van der Waals surface area contributed by atoms with Crippen LogP contribution in [0.25, 0.3) is 0 Å². The predicted octanol–water partition coefficient (Wildman–Crippen LogP) is 3.09. The van der Waals surface area contributed by atoms with Gasteiger partial charge in [0.2, 0.25) is 0 Å². The Morgan fingerprint density at radius 3 is 2.56 bits per heavy atom. The molecule has 1 atom stereocenters. The molecule has 0 amide bonds. The molecule has 2 N–H and O–H groups in total. The Kier molecular flexibility index (Phi) is 4.12. The summed E-state index contributed by atoms with van der Waals surface area (Å²) in [5, 5.41) is 0. The van der Waals surface area contributed by atoms with Crippen molar-refractivity contribution in [2.75, 3.05) is 19.1 Å². The lowest BCUT2D eigenvalue weighted by molar-refractivity contribution is 0.406. The lowest BCUT2D eigenvalue weighted by Gasteiger charge is -2.30. The number of methoxy groups -OCH3 is 1. The van der Waals surface area contributed by atoms with E-state index in [9.17, 15) is 0 Å². The van der Waals surface area contributed by atoms with E-state index < -0.39 is 0 Å². The molecule has 0 bridgehead atoms. The van der Waals surface area contributed by atoms with Crippen LogP contribution in [0.1, 0.15) is 44.2 Å². The van der Waals surface area contributed by atoms with E-state index in [-0.39, 0.29) is 6.04 Å². The van der Waals surface area contributed by atoms with E-state index in [1.807, 2.05) is 19.1 Å². The highest BCUT2D eigenvalue weighted by molar-refractivity contribution is 5.61. The van der Waals surface area contributed by atoms with Crippen LogP contribution >= 0.6 is 0 Å². The zero-order valence-electron chi connectivity index (χ0n) is 11.6. The van der Waals surface area contributed by atoms with Crippen molar-refractivity contribution in [3.8, 4) is 5.75 Å².